The molecule has 3 aliphatic heterocycles. The van der Waals surface area contributed by atoms with Crippen molar-refractivity contribution in [3.63, 3.8) is 0 Å². The summed E-state index contributed by atoms with van der Waals surface area (Å²) >= 11 is 0. The number of amides is 2. The van der Waals surface area contributed by atoms with E-state index in [0.717, 1.165) is 18.6 Å². The predicted octanol–water partition coefficient (Wildman–Crippen LogP) is 1.89. The molecule has 2 N–H and O–H groups in total. The highest BCUT2D eigenvalue weighted by molar-refractivity contribution is 5.87. The van der Waals surface area contributed by atoms with Crippen LogP contribution in [-0.4, -0.2) is 70.3 Å². The molecule has 2 bridgehead atoms. The van der Waals surface area contributed by atoms with E-state index in [1.54, 1.807) is 17.9 Å². The molecule has 1 unspecified atom stereocenters. The van der Waals surface area contributed by atoms with E-state index in [9.17, 15) is 28.0 Å². The van der Waals surface area contributed by atoms with Crippen LogP contribution >= 0.6 is 0 Å². The Bertz CT molecular complexity index is 946. The van der Waals surface area contributed by atoms with E-state index < -0.39 is 35.9 Å². The third-order valence-corrected chi connectivity index (χ3v) is 6.86. The Kier molecular flexibility index (Phi) is 5.90. The van der Waals surface area contributed by atoms with E-state index in [0.29, 0.717) is 31.5 Å². The molecule has 3 fully saturated rings. The van der Waals surface area contributed by atoms with Crippen molar-refractivity contribution < 1.29 is 22.8 Å². The number of piperazine rings is 1. The summed E-state index contributed by atoms with van der Waals surface area (Å²) in [6, 6.07) is 4.87. The highest BCUT2D eigenvalue weighted by Gasteiger charge is 2.51. The molecule has 3 heterocycles. The van der Waals surface area contributed by atoms with E-state index in [2.05, 4.69) is 6.07 Å². The quantitative estimate of drug-likeness (QED) is 0.741. The maximum atomic E-state index is 13.1. The molecule has 1 aromatic rings. The van der Waals surface area contributed by atoms with Gasteiger partial charge in [-0.05, 0) is 43.9 Å². The van der Waals surface area contributed by atoms with Gasteiger partial charge in [0.2, 0.25) is 11.8 Å². The first-order valence-corrected chi connectivity index (χ1v) is 10.8. The second-order valence-electron chi connectivity index (χ2n) is 8.83. The number of likely N-dealkylation sites (tertiary alicyclic amines) is 3. The number of nitrogens with zero attached hydrogens (tertiary/aromatic N) is 4. The van der Waals surface area contributed by atoms with Crippen LogP contribution in [-0.2, 0) is 15.8 Å². The second-order valence-corrected chi connectivity index (χ2v) is 8.83. The Morgan fingerprint density at radius 1 is 1.38 bits per heavy atom. The highest BCUT2D eigenvalue weighted by atomic mass is 19.4. The fraction of sp³-hybridized carbons (Fsp3) is 0.591. The smallest absolute Gasteiger partial charge is 0.330 e. The molecular formula is C22H26F3N5O2. The van der Waals surface area contributed by atoms with Gasteiger partial charge >= 0.3 is 6.18 Å². The first-order valence-electron chi connectivity index (χ1n) is 10.8. The van der Waals surface area contributed by atoms with Crippen LogP contribution in [0.5, 0.6) is 0 Å². The second kappa shape index (κ2) is 8.37. The van der Waals surface area contributed by atoms with E-state index >= 15 is 0 Å². The van der Waals surface area contributed by atoms with E-state index in [-0.39, 0.29) is 24.4 Å². The lowest BCUT2D eigenvalue weighted by Gasteiger charge is -2.38. The van der Waals surface area contributed by atoms with Crippen LogP contribution in [0.1, 0.15) is 43.4 Å². The number of halogens is 3. The summed E-state index contributed by atoms with van der Waals surface area (Å²) < 4.78 is 39.3. The van der Waals surface area contributed by atoms with Crippen molar-refractivity contribution in [2.75, 3.05) is 19.6 Å². The summed E-state index contributed by atoms with van der Waals surface area (Å²) in [5, 5.41) is 9.20. The van der Waals surface area contributed by atoms with Gasteiger partial charge in [-0.1, -0.05) is 12.1 Å². The minimum Gasteiger partial charge on any atom is -0.330 e. The largest absolute Gasteiger partial charge is 0.416 e. The number of hydrogen-bond acceptors (Lipinski definition) is 5. The van der Waals surface area contributed by atoms with Crippen LogP contribution in [0.15, 0.2) is 24.3 Å². The standard InChI is InChI=1S/C22H26F3N5O2/c1-13(14-4-2-5-15(8-14)22(23,24)25)30-17-9-19(21(30)32)28(11-17)12-18(27)20(31)29-7-3-6-16(29)10-26/h2,4-5,8,13,16-19H,3,6-7,9,11-12,27H2,1H3/t13-,16-,17?,18-,19-/m0/s1. The third-order valence-electron chi connectivity index (χ3n) is 6.86. The molecule has 0 radical (unpaired) electrons. The van der Waals surface area contributed by atoms with Crippen LogP contribution in [0.2, 0.25) is 0 Å². The number of carbonyl (C=O) groups is 2. The minimum absolute atomic E-state index is 0.141. The summed E-state index contributed by atoms with van der Waals surface area (Å²) in [7, 11) is 0. The summed E-state index contributed by atoms with van der Waals surface area (Å²) in [4.78, 5) is 30.8. The fourth-order valence-electron chi connectivity index (χ4n) is 5.24. The summed E-state index contributed by atoms with van der Waals surface area (Å²) in [6.07, 6.45) is -2.47. The normalized spacial score (nSPS) is 27.6. The van der Waals surface area contributed by atoms with Crippen LogP contribution in [0.25, 0.3) is 0 Å². The van der Waals surface area contributed by atoms with Crippen molar-refractivity contribution >= 4 is 11.8 Å². The van der Waals surface area contributed by atoms with Crippen molar-refractivity contribution in [3.05, 3.63) is 35.4 Å². The Labute approximate surface area is 184 Å². The maximum Gasteiger partial charge on any atom is 0.416 e. The zero-order chi connectivity index (χ0) is 23.2. The zero-order valence-corrected chi connectivity index (χ0v) is 17.8. The van der Waals surface area contributed by atoms with Gasteiger partial charge in [0.15, 0.2) is 0 Å². The van der Waals surface area contributed by atoms with Crippen molar-refractivity contribution in [2.45, 2.75) is 62.6 Å². The Hall–Kier alpha value is -2.64. The van der Waals surface area contributed by atoms with Crippen molar-refractivity contribution in [1.82, 2.24) is 14.7 Å². The molecule has 3 saturated heterocycles. The maximum absolute atomic E-state index is 13.1. The molecule has 0 saturated carbocycles. The number of alkyl halides is 3. The molecule has 7 nitrogen and oxygen atoms in total. The van der Waals surface area contributed by atoms with E-state index in [1.165, 1.54) is 11.0 Å². The number of carbonyl (C=O) groups excluding carboxylic acids is 2. The molecule has 3 aliphatic rings. The van der Waals surface area contributed by atoms with Gasteiger partial charge < -0.3 is 15.5 Å². The molecule has 0 spiro atoms. The van der Waals surface area contributed by atoms with Gasteiger partial charge in [-0.15, -0.1) is 0 Å². The van der Waals surface area contributed by atoms with E-state index in [4.69, 9.17) is 5.73 Å². The van der Waals surface area contributed by atoms with Gasteiger partial charge in [0.05, 0.1) is 29.8 Å². The predicted molar refractivity (Wildman–Crippen MR) is 109 cm³/mol. The van der Waals surface area contributed by atoms with Crippen molar-refractivity contribution in [1.29, 1.82) is 5.26 Å². The lowest BCUT2D eigenvalue weighted by molar-refractivity contribution is -0.141. The van der Waals surface area contributed by atoms with Crippen LogP contribution in [0, 0.1) is 11.3 Å². The first kappa shape index (κ1) is 22.6. The number of nitriles is 1. The molecule has 32 heavy (non-hydrogen) atoms. The topological polar surface area (TPSA) is 93.7 Å². The number of fused-ring (bicyclic) bond motifs is 2. The molecule has 4 rings (SSSR count). The van der Waals surface area contributed by atoms with Crippen molar-refractivity contribution in [3.8, 4) is 6.07 Å². The highest BCUT2D eigenvalue weighted by Crippen LogP contribution is 2.39. The molecule has 5 atom stereocenters. The number of benzene rings is 1. The zero-order valence-electron chi connectivity index (χ0n) is 17.8. The van der Waals surface area contributed by atoms with E-state index in [1.807, 2.05) is 4.90 Å². The van der Waals surface area contributed by atoms with Crippen LogP contribution < -0.4 is 5.73 Å². The van der Waals surface area contributed by atoms with Gasteiger partial charge in [-0.2, -0.15) is 18.4 Å². The van der Waals surface area contributed by atoms with Gasteiger partial charge in [0.1, 0.15) is 6.04 Å². The summed E-state index contributed by atoms with van der Waals surface area (Å²) in [6.45, 7) is 2.98. The van der Waals surface area contributed by atoms with Gasteiger partial charge in [0, 0.05) is 25.7 Å². The number of hydrogen-bond donors (Lipinski definition) is 1. The van der Waals surface area contributed by atoms with Crippen molar-refractivity contribution in [2.24, 2.45) is 5.73 Å². The minimum atomic E-state index is -4.44. The summed E-state index contributed by atoms with van der Waals surface area (Å²) in [5.41, 5.74) is 5.85. The van der Waals surface area contributed by atoms with Gasteiger partial charge in [0.25, 0.3) is 0 Å². The molecular weight excluding hydrogens is 423 g/mol. The lowest BCUT2D eigenvalue weighted by atomic mass is 10.0. The Balaban J connectivity index is 1.41. The van der Waals surface area contributed by atoms with Gasteiger partial charge in [-0.3, -0.25) is 14.5 Å². The molecule has 0 aromatic heterocycles. The Morgan fingerprint density at radius 2 is 2.12 bits per heavy atom. The Morgan fingerprint density at radius 3 is 2.78 bits per heavy atom. The first-order chi connectivity index (χ1) is 15.1. The third kappa shape index (κ3) is 3.95. The SMILES string of the molecule is C[C@@H](c1cccc(C(F)(F)F)c1)N1C(=O)[C@@H]2CC1CN2C[C@H](N)C(=O)N1CCC[C@H]1C#N. The number of rotatable bonds is 5. The fourth-order valence-corrected chi connectivity index (χ4v) is 5.24. The average molecular weight is 449 g/mol. The molecule has 1 aromatic carbocycles. The van der Waals surface area contributed by atoms with Gasteiger partial charge in [-0.25, -0.2) is 0 Å². The molecule has 10 heteroatoms. The summed E-state index contributed by atoms with van der Waals surface area (Å²) in [5.74, 6) is -0.430. The monoisotopic (exact) mass is 449 g/mol. The molecule has 2 amide bonds. The lowest BCUT2D eigenvalue weighted by Crippen LogP contribution is -2.56. The molecule has 172 valence electrons. The number of nitrogens with two attached hydrogens (primary N) is 1. The molecule has 0 aliphatic carbocycles. The van der Waals surface area contributed by atoms with Crippen LogP contribution in [0.3, 0.4) is 0 Å². The van der Waals surface area contributed by atoms with Crippen LogP contribution in [0.4, 0.5) is 13.2 Å². The average Bonchev–Trinajstić information content (AvgIpc) is 3.46.